The summed E-state index contributed by atoms with van der Waals surface area (Å²) in [6, 6.07) is 10.4. The highest BCUT2D eigenvalue weighted by molar-refractivity contribution is 5.80. The number of pyridine rings is 1. The second-order valence-corrected chi connectivity index (χ2v) is 8.13. The van der Waals surface area contributed by atoms with Gasteiger partial charge in [0.1, 0.15) is 11.6 Å². The molecular weight excluding hydrogens is 407 g/mol. The van der Waals surface area contributed by atoms with E-state index in [1.54, 1.807) is 7.11 Å². The zero-order chi connectivity index (χ0) is 22.0. The fraction of sp³-hybridized carbons (Fsp3) is 0.478. The summed E-state index contributed by atoms with van der Waals surface area (Å²) in [6.07, 6.45) is -0.235. The molecule has 0 unspecified atom stereocenters. The van der Waals surface area contributed by atoms with Gasteiger partial charge in [0, 0.05) is 31.7 Å². The van der Waals surface area contributed by atoms with E-state index in [0.29, 0.717) is 31.7 Å². The van der Waals surface area contributed by atoms with Gasteiger partial charge in [-0.3, -0.25) is 4.79 Å². The summed E-state index contributed by atoms with van der Waals surface area (Å²) in [7, 11) is 1.63. The van der Waals surface area contributed by atoms with Crippen LogP contribution in [0, 0.1) is 5.92 Å². The van der Waals surface area contributed by atoms with Gasteiger partial charge in [0.05, 0.1) is 18.7 Å². The van der Waals surface area contributed by atoms with Crippen molar-refractivity contribution in [3.8, 4) is 5.75 Å². The first-order valence-electron chi connectivity index (χ1n) is 10.6. The van der Waals surface area contributed by atoms with Crippen molar-refractivity contribution in [2.75, 3.05) is 31.6 Å². The Kier molecular flexibility index (Phi) is 6.07. The van der Waals surface area contributed by atoms with Crippen LogP contribution in [0.1, 0.15) is 42.9 Å². The van der Waals surface area contributed by atoms with E-state index in [1.807, 2.05) is 34.1 Å². The largest absolute Gasteiger partial charge is 0.497 e. The lowest BCUT2D eigenvalue weighted by molar-refractivity contribution is -0.138. The molecule has 0 radical (unpaired) electrons. The number of amides is 1. The molecule has 0 bridgehead atoms. The molecule has 166 valence electrons. The van der Waals surface area contributed by atoms with Crippen molar-refractivity contribution in [3.05, 3.63) is 53.7 Å². The van der Waals surface area contributed by atoms with Gasteiger partial charge in [0.2, 0.25) is 5.91 Å². The number of alkyl halides is 3. The number of ether oxygens (including phenoxy) is 1. The molecule has 0 aliphatic carbocycles. The predicted octanol–water partition coefficient (Wildman–Crippen LogP) is 4.69. The standard InChI is InChI=1S/C23H26F3N3O2/c1-31-19-7-4-16(5-8-19)20-3-2-12-29(20)22(30)17-10-13-28(14-11-17)21-9-6-18(15-27-21)23(24,25)26/h4-9,15,17,20H,2-3,10-14H2,1H3/t20-/m1/s1. The van der Waals surface area contributed by atoms with Gasteiger partial charge in [-0.15, -0.1) is 0 Å². The highest BCUT2D eigenvalue weighted by atomic mass is 19.4. The Balaban J connectivity index is 1.37. The first-order valence-corrected chi connectivity index (χ1v) is 10.6. The molecule has 2 fully saturated rings. The molecule has 1 amide bonds. The Hall–Kier alpha value is -2.77. The summed E-state index contributed by atoms with van der Waals surface area (Å²) in [5, 5.41) is 0. The molecule has 1 aromatic carbocycles. The predicted molar refractivity (Wildman–Crippen MR) is 111 cm³/mol. The third-order valence-corrected chi connectivity index (χ3v) is 6.28. The molecule has 2 saturated heterocycles. The van der Waals surface area contributed by atoms with Crippen LogP contribution in [-0.2, 0) is 11.0 Å². The van der Waals surface area contributed by atoms with Crippen molar-refractivity contribution >= 4 is 11.7 Å². The SMILES string of the molecule is COc1ccc([C@H]2CCCN2C(=O)C2CCN(c3ccc(C(F)(F)F)cn3)CC2)cc1. The zero-order valence-electron chi connectivity index (χ0n) is 17.4. The monoisotopic (exact) mass is 433 g/mol. The normalized spacial score (nSPS) is 20.2. The first-order chi connectivity index (χ1) is 14.9. The van der Waals surface area contributed by atoms with E-state index in [9.17, 15) is 18.0 Å². The number of aromatic nitrogens is 1. The Bertz CT molecular complexity index is 892. The number of rotatable bonds is 4. The molecule has 1 aromatic heterocycles. The number of hydrogen-bond acceptors (Lipinski definition) is 4. The molecule has 8 heteroatoms. The topological polar surface area (TPSA) is 45.7 Å². The molecule has 0 N–H and O–H groups in total. The van der Waals surface area contributed by atoms with Gasteiger partial charge < -0.3 is 14.5 Å². The number of halogens is 3. The van der Waals surface area contributed by atoms with Crippen molar-refractivity contribution < 1.29 is 22.7 Å². The van der Waals surface area contributed by atoms with Crippen LogP contribution in [0.3, 0.4) is 0 Å². The van der Waals surface area contributed by atoms with Gasteiger partial charge in [-0.05, 0) is 55.5 Å². The summed E-state index contributed by atoms with van der Waals surface area (Å²) in [5.41, 5.74) is 0.373. The van der Waals surface area contributed by atoms with Gasteiger partial charge >= 0.3 is 6.18 Å². The van der Waals surface area contributed by atoms with Crippen LogP contribution in [0.15, 0.2) is 42.6 Å². The third kappa shape index (κ3) is 4.62. The maximum absolute atomic E-state index is 13.2. The minimum absolute atomic E-state index is 0.0652. The number of methoxy groups -OCH3 is 1. The van der Waals surface area contributed by atoms with Gasteiger partial charge in [0.15, 0.2) is 0 Å². The lowest BCUT2D eigenvalue weighted by Gasteiger charge is -2.35. The summed E-state index contributed by atoms with van der Waals surface area (Å²) in [5.74, 6) is 1.43. The van der Waals surface area contributed by atoms with Crippen molar-refractivity contribution in [1.29, 1.82) is 0 Å². The van der Waals surface area contributed by atoms with E-state index >= 15 is 0 Å². The molecule has 2 aromatic rings. The maximum Gasteiger partial charge on any atom is 0.417 e. The molecule has 2 aliphatic rings. The quantitative estimate of drug-likeness (QED) is 0.702. The lowest BCUT2D eigenvalue weighted by atomic mass is 9.94. The van der Waals surface area contributed by atoms with Crippen molar-refractivity contribution in [2.45, 2.75) is 37.9 Å². The number of nitrogens with zero attached hydrogens (tertiary/aromatic N) is 3. The minimum Gasteiger partial charge on any atom is -0.497 e. The molecule has 3 heterocycles. The highest BCUT2D eigenvalue weighted by Gasteiger charge is 2.36. The van der Waals surface area contributed by atoms with Crippen LogP contribution in [0.2, 0.25) is 0 Å². The molecule has 0 saturated carbocycles. The lowest BCUT2D eigenvalue weighted by Crippen LogP contribution is -2.42. The fourth-order valence-corrected chi connectivity index (χ4v) is 4.53. The van der Waals surface area contributed by atoms with E-state index in [1.165, 1.54) is 6.07 Å². The van der Waals surface area contributed by atoms with Crippen LogP contribution in [0.4, 0.5) is 19.0 Å². The molecular formula is C23H26F3N3O2. The second kappa shape index (κ2) is 8.77. The summed E-state index contributed by atoms with van der Waals surface area (Å²) < 4.78 is 43.4. The number of carbonyl (C=O) groups is 1. The Morgan fingerprint density at radius 1 is 1.03 bits per heavy atom. The molecule has 4 rings (SSSR count). The number of carbonyl (C=O) groups excluding carboxylic acids is 1. The van der Waals surface area contributed by atoms with Crippen LogP contribution in [-0.4, -0.2) is 42.5 Å². The summed E-state index contributed by atoms with van der Waals surface area (Å²) >= 11 is 0. The summed E-state index contributed by atoms with van der Waals surface area (Å²) in [4.78, 5) is 21.2. The Labute approximate surface area is 179 Å². The Morgan fingerprint density at radius 3 is 2.32 bits per heavy atom. The average molecular weight is 433 g/mol. The van der Waals surface area contributed by atoms with Crippen LogP contribution in [0.5, 0.6) is 5.75 Å². The van der Waals surface area contributed by atoms with Crippen molar-refractivity contribution in [1.82, 2.24) is 9.88 Å². The minimum atomic E-state index is -4.39. The molecule has 2 aliphatic heterocycles. The van der Waals surface area contributed by atoms with Crippen LogP contribution < -0.4 is 9.64 Å². The van der Waals surface area contributed by atoms with E-state index in [2.05, 4.69) is 4.98 Å². The number of piperidine rings is 1. The van der Waals surface area contributed by atoms with Crippen molar-refractivity contribution in [3.63, 3.8) is 0 Å². The maximum atomic E-state index is 13.2. The number of benzene rings is 1. The third-order valence-electron chi connectivity index (χ3n) is 6.28. The van der Waals surface area contributed by atoms with Crippen LogP contribution in [0.25, 0.3) is 0 Å². The van der Waals surface area contributed by atoms with Crippen molar-refractivity contribution in [2.24, 2.45) is 5.92 Å². The van der Waals surface area contributed by atoms with Gasteiger partial charge in [-0.25, -0.2) is 4.98 Å². The molecule has 5 nitrogen and oxygen atoms in total. The molecule has 1 atom stereocenters. The Morgan fingerprint density at radius 2 is 1.74 bits per heavy atom. The van der Waals surface area contributed by atoms with Gasteiger partial charge in [-0.2, -0.15) is 13.2 Å². The molecule has 31 heavy (non-hydrogen) atoms. The summed E-state index contributed by atoms with van der Waals surface area (Å²) in [6.45, 7) is 1.97. The zero-order valence-corrected chi connectivity index (χ0v) is 17.4. The first kappa shape index (κ1) is 21.5. The highest BCUT2D eigenvalue weighted by Crippen LogP contribution is 2.36. The van der Waals surface area contributed by atoms with Gasteiger partial charge in [0.25, 0.3) is 0 Å². The number of likely N-dealkylation sites (tertiary alicyclic amines) is 1. The smallest absolute Gasteiger partial charge is 0.417 e. The molecule has 0 spiro atoms. The fourth-order valence-electron chi connectivity index (χ4n) is 4.53. The van der Waals surface area contributed by atoms with E-state index in [4.69, 9.17) is 4.74 Å². The second-order valence-electron chi connectivity index (χ2n) is 8.13. The number of anilines is 1. The average Bonchev–Trinajstić information content (AvgIpc) is 3.28. The number of hydrogen-bond donors (Lipinski definition) is 0. The van der Waals surface area contributed by atoms with E-state index in [-0.39, 0.29) is 17.9 Å². The van der Waals surface area contributed by atoms with E-state index in [0.717, 1.165) is 43.0 Å². The van der Waals surface area contributed by atoms with E-state index < -0.39 is 11.7 Å². The van der Waals surface area contributed by atoms with Crippen LogP contribution >= 0.6 is 0 Å². The van der Waals surface area contributed by atoms with Gasteiger partial charge in [-0.1, -0.05) is 12.1 Å².